The minimum atomic E-state index is -2.99. The second-order valence-corrected chi connectivity index (χ2v) is 8.45. The van der Waals surface area contributed by atoms with Gasteiger partial charge in [0.1, 0.15) is 5.75 Å². The van der Waals surface area contributed by atoms with Crippen molar-refractivity contribution in [1.29, 1.82) is 0 Å². The lowest BCUT2D eigenvalue weighted by Crippen LogP contribution is -2.47. The summed E-state index contributed by atoms with van der Waals surface area (Å²) in [4.78, 5) is 13.7. The van der Waals surface area contributed by atoms with Crippen LogP contribution in [0, 0.1) is 0 Å². The van der Waals surface area contributed by atoms with Gasteiger partial charge in [0, 0.05) is 19.1 Å². The average molecular weight is 340 g/mol. The molecule has 1 aliphatic rings. The molecule has 6 nitrogen and oxygen atoms in total. The molecule has 1 saturated heterocycles. The van der Waals surface area contributed by atoms with Gasteiger partial charge in [-0.2, -0.15) is 0 Å². The molecule has 1 aromatic rings. The van der Waals surface area contributed by atoms with E-state index in [2.05, 4.69) is 5.32 Å². The second kappa shape index (κ2) is 7.21. The first-order chi connectivity index (χ1) is 10.8. The first-order valence-electron chi connectivity index (χ1n) is 7.78. The molecule has 1 heterocycles. The molecule has 2 atom stereocenters. The molecule has 128 valence electrons. The molecule has 1 aromatic carbocycles. The number of sulfone groups is 1. The Kier molecular flexibility index (Phi) is 5.51. The van der Waals surface area contributed by atoms with Crippen LogP contribution in [0.4, 0.5) is 4.79 Å². The van der Waals surface area contributed by atoms with Crippen LogP contribution in [-0.4, -0.2) is 55.1 Å². The molecule has 23 heavy (non-hydrogen) atoms. The number of carbonyl (C=O) groups is 1. The van der Waals surface area contributed by atoms with Crippen molar-refractivity contribution in [3.05, 3.63) is 29.8 Å². The van der Waals surface area contributed by atoms with E-state index < -0.39 is 9.84 Å². The highest BCUT2D eigenvalue weighted by atomic mass is 32.2. The number of benzene rings is 1. The molecule has 2 amide bonds. The van der Waals surface area contributed by atoms with Crippen LogP contribution in [-0.2, 0) is 16.3 Å². The van der Waals surface area contributed by atoms with Crippen molar-refractivity contribution in [2.75, 3.05) is 18.6 Å². The van der Waals surface area contributed by atoms with Crippen molar-refractivity contribution < 1.29 is 18.3 Å². The Hall–Kier alpha value is -1.76. The molecule has 0 radical (unpaired) electrons. The number of hydrogen-bond acceptors (Lipinski definition) is 4. The van der Waals surface area contributed by atoms with E-state index in [1.165, 1.54) is 4.90 Å². The Labute approximate surface area is 137 Å². The van der Waals surface area contributed by atoms with E-state index in [9.17, 15) is 18.3 Å². The summed E-state index contributed by atoms with van der Waals surface area (Å²) in [5.41, 5.74) is 1.10. The predicted molar refractivity (Wildman–Crippen MR) is 89.2 cm³/mol. The fourth-order valence-corrected chi connectivity index (χ4v) is 4.45. The van der Waals surface area contributed by atoms with Crippen molar-refractivity contribution in [1.82, 2.24) is 10.2 Å². The Morgan fingerprint density at radius 2 is 2.04 bits per heavy atom. The van der Waals surface area contributed by atoms with Gasteiger partial charge >= 0.3 is 6.03 Å². The standard InChI is InChI=1S/C16H24N2O4S/c1-12(3-4-13-5-7-15(19)8-6-13)17-16(20)18(2)14-9-10-23(21,22)11-14/h5-8,12,14,19H,3-4,9-11H2,1-2H3,(H,17,20). The lowest BCUT2D eigenvalue weighted by atomic mass is 10.1. The van der Waals surface area contributed by atoms with Crippen molar-refractivity contribution in [2.45, 2.75) is 38.3 Å². The summed E-state index contributed by atoms with van der Waals surface area (Å²) in [5.74, 6) is 0.452. The summed E-state index contributed by atoms with van der Waals surface area (Å²) in [6.07, 6.45) is 2.07. The highest BCUT2D eigenvalue weighted by Gasteiger charge is 2.32. The quantitative estimate of drug-likeness (QED) is 0.851. The van der Waals surface area contributed by atoms with Crippen LogP contribution in [0.15, 0.2) is 24.3 Å². The summed E-state index contributed by atoms with van der Waals surface area (Å²) in [5, 5.41) is 12.2. The van der Waals surface area contributed by atoms with Crippen molar-refractivity contribution in [3.8, 4) is 5.75 Å². The summed E-state index contributed by atoms with van der Waals surface area (Å²) in [6, 6.07) is 6.53. The van der Waals surface area contributed by atoms with Crippen molar-refractivity contribution >= 4 is 15.9 Å². The van der Waals surface area contributed by atoms with E-state index in [1.807, 2.05) is 19.1 Å². The van der Waals surface area contributed by atoms with Crippen LogP contribution in [0.2, 0.25) is 0 Å². The second-order valence-electron chi connectivity index (χ2n) is 6.22. The number of nitrogens with one attached hydrogen (secondary N) is 1. The molecular weight excluding hydrogens is 316 g/mol. The molecular formula is C16H24N2O4S. The van der Waals surface area contributed by atoms with Crippen LogP contribution in [0.1, 0.15) is 25.3 Å². The molecule has 0 bridgehead atoms. The van der Waals surface area contributed by atoms with E-state index >= 15 is 0 Å². The molecule has 0 aromatic heterocycles. The first kappa shape index (κ1) is 17.6. The first-order valence-corrected chi connectivity index (χ1v) is 9.60. The molecule has 2 unspecified atom stereocenters. The van der Waals surface area contributed by atoms with Gasteiger partial charge in [0.05, 0.1) is 11.5 Å². The van der Waals surface area contributed by atoms with Crippen LogP contribution in [0.3, 0.4) is 0 Å². The molecule has 2 rings (SSSR count). The third kappa shape index (κ3) is 5.13. The van der Waals surface area contributed by atoms with E-state index in [0.29, 0.717) is 6.42 Å². The fraction of sp³-hybridized carbons (Fsp3) is 0.562. The maximum Gasteiger partial charge on any atom is 0.317 e. The maximum absolute atomic E-state index is 12.2. The summed E-state index contributed by atoms with van der Waals surface area (Å²) in [7, 11) is -1.35. The van der Waals surface area contributed by atoms with Crippen LogP contribution in [0.5, 0.6) is 5.75 Å². The lowest BCUT2D eigenvalue weighted by Gasteiger charge is -2.26. The molecule has 7 heteroatoms. The Balaban J connectivity index is 1.79. The number of phenols is 1. The van der Waals surface area contributed by atoms with Gasteiger partial charge < -0.3 is 15.3 Å². The maximum atomic E-state index is 12.2. The third-order valence-corrected chi connectivity index (χ3v) is 6.00. The monoisotopic (exact) mass is 340 g/mol. The fourth-order valence-electron chi connectivity index (χ4n) is 2.68. The smallest absolute Gasteiger partial charge is 0.317 e. The zero-order chi connectivity index (χ0) is 17.0. The number of urea groups is 1. The van der Waals surface area contributed by atoms with Crippen molar-refractivity contribution in [3.63, 3.8) is 0 Å². The molecule has 1 fully saturated rings. The van der Waals surface area contributed by atoms with E-state index in [-0.39, 0.29) is 35.4 Å². The SMILES string of the molecule is CC(CCc1ccc(O)cc1)NC(=O)N(C)C1CCS(=O)(=O)C1. The number of nitrogens with zero attached hydrogens (tertiary/aromatic N) is 1. The van der Waals surface area contributed by atoms with Gasteiger partial charge in [-0.3, -0.25) is 0 Å². The van der Waals surface area contributed by atoms with Gasteiger partial charge in [-0.25, -0.2) is 13.2 Å². The van der Waals surface area contributed by atoms with Gasteiger partial charge in [-0.1, -0.05) is 12.1 Å². The zero-order valence-electron chi connectivity index (χ0n) is 13.5. The van der Waals surface area contributed by atoms with Gasteiger partial charge in [-0.05, 0) is 43.9 Å². The Morgan fingerprint density at radius 3 is 2.61 bits per heavy atom. The summed E-state index contributed by atoms with van der Waals surface area (Å²) < 4.78 is 23.0. The number of carbonyl (C=O) groups excluding carboxylic acids is 1. The minimum absolute atomic E-state index is 0.0169. The van der Waals surface area contributed by atoms with Gasteiger partial charge in [0.2, 0.25) is 0 Å². The third-order valence-electron chi connectivity index (χ3n) is 4.25. The van der Waals surface area contributed by atoms with Gasteiger partial charge in [-0.15, -0.1) is 0 Å². The number of amides is 2. The molecule has 1 aliphatic heterocycles. The van der Waals surface area contributed by atoms with E-state index in [1.54, 1.807) is 19.2 Å². The van der Waals surface area contributed by atoms with Gasteiger partial charge in [0.15, 0.2) is 9.84 Å². The Bertz CT molecular complexity index is 643. The average Bonchev–Trinajstić information content (AvgIpc) is 2.86. The molecule has 0 saturated carbocycles. The molecule has 0 aliphatic carbocycles. The molecule has 0 spiro atoms. The zero-order valence-corrected chi connectivity index (χ0v) is 14.3. The number of hydrogen-bond donors (Lipinski definition) is 2. The number of aromatic hydroxyl groups is 1. The molecule has 2 N–H and O–H groups in total. The number of phenolic OH excluding ortho intramolecular Hbond substituents is 1. The highest BCUT2D eigenvalue weighted by molar-refractivity contribution is 7.91. The number of aryl methyl sites for hydroxylation is 1. The minimum Gasteiger partial charge on any atom is -0.508 e. The summed E-state index contributed by atoms with van der Waals surface area (Å²) >= 11 is 0. The predicted octanol–water partition coefficient (Wildman–Crippen LogP) is 1.54. The van der Waals surface area contributed by atoms with Crippen molar-refractivity contribution in [2.24, 2.45) is 0 Å². The summed E-state index contributed by atoms with van der Waals surface area (Å²) in [6.45, 7) is 1.93. The normalized spacial score (nSPS) is 20.9. The van der Waals surface area contributed by atoms with E-state index in [4.69, 9.17) is 0 Å². The number of rotatable bonds is 5. The Morgan fingerprint density at radius 1 is 1.39 bits per heavy atom. The van der Waals surface area contributed by atoms with Crippen LogP contribution in [0.25, 0.3) is 0 Å². The van der Waals surface area contributed by atoms with Gasteiger partial charge in [0.25, 0.3) is 0 Å². The van der Waals surface area contributed by atoms with Crippen LogP contribution >= 0.6 is 0 Å². The van der Waals surface area contributed by atoms with Crippen LogP contribution < -0.4 is 5.32 Å². The largest absolute Gasteiger partial charge is 0.508 e. The topological polar surface area (TPSA) is 86.7 Å². The van der Waals surface area contributed by atoms with E-state index in [0.717, 1.165) is 18.4 Å². The lowest BCUT2D eigenvalue weighted by molar-refractivity contribution is 0.191. The highest BCUT2D eigenvalue weighted by Crippen LogP contribution is 2.17.